The van der Waals surface area contributed by atoms with Gasteiger partial charge in [-0.25, -0.2) is 0 Å². The molecule has 0 aromatic carbocycles. The average Bonchev–Trinajstić information content (AvgIpc) is 2.57. The Bertz CT molecular complexity index is 424. The molecule has 1 aromatic heterocycles. The predicted octanol–water partition coefficient (Wildman–Crippen LogP) is 2.01. The zero-order valence-corrected chi connectivity index (χ0v) is 7.87. The minimum absolute atomic E-state index is 0.445. The number of aryl methyl sites for hydroxylation is 1. The van der Waals surface area contributed by atoms with Crippen molar-refractivity contribution in [3.05, 3.63) is 29.2 Å². The molecule has 1 heterocycles. The van der Waals surface area contributed by atoms with E-state index in [4.69, 9.17) is 4.42 Å². The molecule has 3 heteroatoms. The lowest BCUT2D eigenvalue weighted by Crippen LogP contribution is -2.16. The molecule has 0 unspecified atom stereocenters. The van der Waals surface area contributed by atoms with E-state index < -0.39 is 11.6 Å². The zero-order valence-electron chi connectivity index (χ0n) is 7.87. The minimum Gasteiger partial charge on any atom is -0.464 e. The Morgan fingerprint density at radius 1 is 1.29 bits per heavy atom. The van der Waals surface area contributed by atoms with Gasteiger partial charge in [-0.2, -0.15) is 0 Å². The van der Waals surface area contributed by atoms with Gasteiger partial charge in [0.15, 0.2) is 0 Å². The molecule has 3 nitrogen and oxygen atoms in total. The van der Waals surface area contributed by atoms with Crippen molar-refractivity contribution in [2.24, 2.45) is 0 Å². The van der Waals surface area contributed by atoms with E-state index in [1.54, 1.807) is 12.3 Å². The maximum atomic E-state index is 11.5. The molecule has 0 spiro atoms. The van der Waals surface area contributed by atoms with Crippen LogP contribution in [-0.4, -0.2) is 11.6 Å². The number of hydrogen-bond donors (Lipinski definition) is 0. The monoisotopic (exact) mass is 190 g/mol. The number of ketones is 2. The van der Waals surface area contributed by atoms with Crippen molar-refractivity contribution in [1.29, 1.82) is 0 Å². The van der Waals surface area contributed by atoms with E-state index in [1.807, 2.05) is 6.92 Å². The Morgan fingerprint density at radius 3 is 2.79 bits per heavy atom. The Morgan fingerprint density at radius 2 is 2.07 bits per heavy atom. The lowest BCUT2D eigenvalue weighted by molar-refractivity contribution is -0.110. The quantitative estimate of drug-likeness (QED) is 0.670. The van der Waals surface area contributed by atoms with Crippen LogP contribution in [0, 0.1) is 0 Å². The van der Waals surface area contributed by atoms with E-state index in [-0.39, 0.29) is 0 Å². The molecule has 0 amide bonds. The number of Topliss-reactive ketones (excluding diaryl/α,β-unsaturated/α-hetero) is 1. The van der Waals surface area contributed by atoms with Gasteiger partial charge in [-0.15, -0.1) is 0 Å². The summed E-state index contributed by atoms with van der Waals surface area (Å²) in [7, 11) is 0. The molecule has 0 radical (unpaired) electrons. The predicted molar refractivity (Wildman–Crippen MR) is 51.1 cm³/mol. The van der Waals surface area contributed by atoms with Crippen LogP contribution >= 0.6 is 0 Å². The van der Waals surface area contributed by atoms with Crippen molar-refractivity contribution < 1.29 is 14.0 Å². The molecular formula is C11H10O3. The van der Waals surface area contributed by atoms with E-state index >= 15 is 0 Å². The first-order valence-electron chi connectivity index (χ1n) is 4.61. The molecule has 2 rings (SSSR count). The highest BCUT2D eigenvalue weighted by Crippen LogP contribution is 2.24. The molecule has 0 bridgehead atoms. The van der Waals surface area contributed by atoms with Crippen molar-refractivity contribution in [2.45, 2.75) is 19.8 Å². The van der Waals surface area contributed by atoms with Crippen molar-refractivity contribution in [3.8, 4) is 0 Å². The molecule has 72 valence electrons. The van der Waals surface area contributed by atoms with E-state index in [9.17, 15) is 9.59 Å². The highest BCUT2D eigenvalue weighted by atomic mass is 16.3. The average molecular weight is 190 g/mol. The molecule has 0 saturated carbocycles. The van der Waals surface area contributed by atoms with Gasteiger partial charge in [0.05, 0.1) is 11.8 Å². The Balaban J connectivity index is 2.51. The van der Waals surface area contributed by atoms with Crippen LogP contribution in [0.1, 0.15) is 35.0 Å². The van der Waals surface area contributed by atoms with Crippen molar-refractivity contribution in [2.75, 3.05) is 0 Å². The molecule has 0 fully saturated rings. The second-order valence-corrected chi connectivity index (χ2v) is 3.28. The summed E-state index contributed by atoms with van der Waals surface area (Å²) in [4.78, 5) is 22.6. The molecule has 1 aliphatic carbocycles. The number of carbonyl (C=O) groups is 2. The first-order chi connectivity index (χ1) is 6.74. The fourth-order valence-corrected chi connectivity index (χ4v) is 1.59. The van der Waals surface area contributed by atoms with E-state index in [2.05, 4.69) is 0 Å². The summed E-state index contributed by atoms with van der Waals surface area (Å²) in [6.45, 7) is 2.02. The number of furan rings is 1. The molecule has 0 atom stereocenters. The first kappa shape index (κ1) is 8.94. The second-order valence-electron chi connectivity index (χ2n) is 3.28. The van der Waals surface area contributed by atoms with Gasteiger partial charge < -0.3 is 4.42 Å². The number of allylic oxidation sites excluding steroid dienone is 1. The summed E-state index contributed by atoms with van der Waals surface area (Å²) < 4.78 is 5.20. The molecule has 0 aliphatic heterocycles. The summed E-state index contributed by atoms with van der Waals surface area (Å²) >= 11 is 0. The second kappa shape index (κ2) is 3.25. The topological polar surface area (TPSA) is 47.3 Å². The lowest BCUT2D eigenvalue weighted by Gasteiger charge is -2.03. The van der Waals surface area contributed by atoms with Crippen molar-refractivity contribution >= 4 is 17.6 Å². The van der Waals surface area contributed by atoms with Crippen LogP contribution in [0.5, 0.6) is 0 Å². The smallest absolute Gasteiger partial charge is 0.237 e. The van der Waals surface area contributed by atoms with Crippen LogP contribution in [-0.2, 0) is 11.2 Å². The summed E-state index contributed by atoms with van der Waals surface area (Å²) in [5, 5.41) is 0. The molecule has 0 N–H and O–H groups in total. The third kappa shape index (κ3) is 1.21. The van der Waals surface area contributed by atoms with Crippen molar-refractivity contribution in [3.63, 3.8) is 0 Å². The van der Waals surface area contributed by atoms with Gasteiger partial charge in [-0.3, -0.25) is 9.59 Å². The minimum atomic E-state index is -0.462. The Labute approximate surface area is 81.4 Å². The Hall–Kier alpha value is -1.64. The molecule has 0 saturated heterocycles. The fraction of sp³-hybridized carbons (Fsp3) is 0.273. The molecular weight excluding hydrogens is 180 g/mol. The zero-order chi connectivity index (χ0) is 10.1. The van der Waals surface area contributed by atoms with Gasteiger partial charge in [0.1, 0.15) is 5.76 Å². The number of fused-ring (bicyclic) bond motifs is 1. The standard InChI is InChI=1S/C11H10O3/c1-2-3-7-6-14-9-5-4-8(12)11(13)10(7)9/h4-6H,2-3H2,1H3. The first-order valence-corrected chi connectivity index (χ1v) is 4.61. The van der Waals surface area contributed by atoms with Gasteiger partial charge in [-0.1, -0.05) is 13.3 Å². The summed E-state index contributed by atoms with van der Waals surface area (Å²) in [5.41, 5.74) is 1.30. The molecule has 1 aromatic rings. The van der Waals surface area contributed by atoms with E-state index in [1.165, 1.54) is 6.08 Å². The summed E-state index contributed by atoms with van der Waals surface area (Å²) in [6, 6.07) is 0. The van der Waals surface area contributed by atoms with Gasteiger partial charge >= 0.3 is 0 Å². The van der Waals surface area contributed by atoms with Crippen LogP contribution in [0.3, 0.4) is 0 Å². The highest BCUT2D eigenvalue weighted by molar-refractivity contribution is 6.50. The van der Waals surface area contributed by atoms with Crippen LogP contribution in [0.15, 0.2) is 16.8 Å². The van der Waals surface area contributed by atoms with Crippen molar-refractivity contribution in [1.82, 2.24) is 0 Å². The lowest BCUT2D eigenvalue weighted by atomic mass is 9.96. The number of carbonyl (C=O) groups excluding carboxylic acids is 2. The van der Waals surface area contributed by atoms with E-state index in [0.717, 1.165) is 18.4 Å². The number of rotatable bonds is 2. The summed E-state index contributed by atoms with van der Waals surface area (Å²) in [5.74, 6) is -0.394. The third-order valence-corrected chi connectivity index (χ3v) is 2.25. The third-order valence-electron chi connectivity index (χ3n) is 2.25. The SMILES string of the molecule is CCCc1coc2c1C(=O)C(=O)C=C2. The van der Waals surface area contributed by atoms with Gasteiger partial charge in [0.25, 0.3) is 0 Å². The van der Waals surface area contributed by atoms with Gasteiger partial charge in [-0.05, 0) is 18.6 Å². The summed E-state index contributed by atoms with van der Waals surface area (Å²) in [6.07, 6.45) is 6.07. The molecule has 1 aliphatic rings. The van der Waals surface area contributed by atoms with Crippen LogP contribution in [0.2, 0.25) is 0 Å². The maximum absolute atomic E-state index is 11.5. The fourth-order valence-electron chi connectivity index (χ4n) is 1.59. The number of hydrogen-bond acceptors (Lipinski definition) is 3. The van der Waals surface area contributed by atoms with Gasteiger partial charge in [0, 0.05) is 5.56 Å². The van der Waals surface area contributed by atoms with Gasteiger partial charge in [0.2, 0.25) is 11.6 Å². The van der Waals surface area contributed by atoms with Crippen LogP contribution in [0.4, 0.5) is 0 Å². The Kier molecular flexibility index (Phi) is 2.08. The van der Waals surface area contributed by atoms with E-state index in [0.29, 0.717) is 11.3 Å². The largest absolute Gasteiger partial charge is 0.464 e. The highest BCUT2D eigenvalue weighted by Gasteiger charge is 2.26. The normalized spacial score (nSPS) is 14.6. The van der Waals surface area contributed by atoms with Crippen LogP contribution < -0.4 is 0 Å². The molecule has 14 heavy (non-hydrogen) atoms. The maximum Gasteiger partial charge on any atom is 0.237 e. The van der Waals surface area contributed by atoms with Crippen LogP contribution in [0.25, 0.3) is 6.08 Å².